The largest absolute Gasteiger partial charge is 0.481 e. The van der Waals surface area contributed by atoms with Crippen LogP contribution in [-0.4, -0.2) is 21.8 Å². The Hall–Kier alpha value is -2.60. The third-order valence-corrected chi connectivity index (χ3v) is 4.39. The minimum atomic E-state index is -0.938. The molecular weight excluding hydrogens is 341 g/mol. The highest BCUT2D eigenvalue weighted by molar-refractivity contribution is 7.99. The topological polar surface area (TPSA) is 59.4 Å². The molecule has 0 bridgehead atoms. The van der Waals surface area contributed by atoms with Crippen LogP contribution in [0.25, 0.3) is 10.8 Å². The number of pyridine rings is 1. The van der Waals surface area contributed by atoms with E-state index in [9.17, 15) is 9.18 Å². The first-order valence-electron chi connectivity index (χ1n) is 7.76. The van der Waals surface area contributed by atoms with Crippen molar-refractivity contribution in [2.45, 2.75) is 18.2 Å². The Balaban J connectivity index is 2.00. The fourth-order valence-corrected chi connectivity index (χ4v) is 3.13. The maximum Gasteiger partial charge on any atom is 0.307 e. The van der Waals surface area contributed by atoms with Crippen molar-refractivity contribution in [1.82, 2.24) is 4.98 Å². The van der Waals surface area contributed by atoms with E-state index in [-0.39, 0.29) is 12.2 Å². The van der Waals surface area contributed by atoms with Crippen molar-refractivity contribution < 1.29 is 19.0 Å². The standard InChI is InChI=1S/C19H16FNO3S/c1-2-25-15-5-6-18(21-11-15)24-17-8-12(9-19(22)23)7-13-3-4-14(20)10-16(13)17/h3-8,10-11H,2,9H2,1H3,(H,22,23). The molecule has 6 heteroatoms. The molecule has 0 atom stereocenters. The number of aromatic nitrogens is 1. The fourth-order valence-electron chi connectivity index (χ4n) is 2.51. The number of carboxylic acids is 1. The van der Waals surface area contributed by atoms with Gasteiger partial charge in [0.05, 0.1) is 6.42 Å². The highest BCUT2D eigenvalue weighted by Gasteiger charge is 2.11. The third-order valence-electron chi connectivity index (χ3n) is 3.53. The zero-order chi connectivity index (χ0) is 17.8. The van der Waals surface area contributed by atoms with E-state index < -0.39 is 5.97 Å². The van der Waals surface area contributed by atoms with Gasteiger partial charge in [-0.15, -0.1) is 11.8 Å². The fraction of sp³-hybridized carbons (Fsp3) is 0.158. The molecule has 25 heavy (non-hydrogen) atoms. The van der Waals surface area contributed by atoms with E-state index in [0.717, 1.165) is 10.6 Å². The Bertz CT molecular complexity index is 912. The first kappa shape index (κ1) is 17.2. The number of ether oxygens (including phenoxy) is 1. The number of nitrogens with zero attached hydrogens (tertiary/aromatic N) is 1. The van der Waals surface area contributed by atoms with Crippen molar-refractivity contribution in [3.8, 4) is 11.6 Å². The summed E-state index contributed by atoms with van der Waals surface area (Å²) in [6.45, 7) is 2.06. The molecule has 0 saturated carbocycles. The van der Waals surface area contributed by atoms with E-state index >= 15 is 0 Å². The second-order valence-corrected chi connectivity index (χ2v) is 6.73. The van der Waals surface area contributed by atoms with Gasteiger partial charge in [0, 0.05) is 22.5 Å². The number of benzene rings is 2. The molecule has 3 rings (SSSR count). The average molecular weight is 357 g/mol. The Morgan fingerprint density at radius 2 is 2.08 bits per heavy atom. The van der Waals surface area contributed by atoms with E-state index in [2.05, 4.69) is 11.9 Å². The Morgan fingerprint density at radius 1 is 1.24 bits per heavy atom. The number of fused-ring (bicyclic) bond motifs is 1. The molecule has 128 valence electrons. The molecule has 1 aromatic heterocycles. The quantitative estimate of drug-likeness (QED) is 0.636. The van der Waals surface area contributed by atoms with Crippen LogP contribution in [0.2, 0.25) is 0 Å². The molecule has 0 unspecified atom stereocenters. The summed E-state index contributed by atoms with van der Waals surface area (Å²) in [7, 11) is 0. The van der Waals surface area contributed by atoms with Crippen LogP contribution in [0.5, 0.6) is 11.6 Å². The summed E-state index contributed by atoms with van der Waals surface area (Å²) < 4.78 is 19.5. The van der Waals surface area contributed by atoms with Crippen molar-refractivity contribution in [2.24, 2.45) is 0 Å². The molecule has 1 N–H and O–H groups in total. The number of halogens is 1. The van der Waals surface area contributed by atoms with Gasteiger partial charge in [-0.1, -0.05) is 19.1 Å². The summed E-state index contributed by atoms with van der Waals surface area (Å²) in [6.07, 6.45) is 1.58. The van der Waals surface area contributed by atoms with Crippen LogP contribution >= 0.6 is 11.8 Å². The molecule has 0 aliphatic rings. The minimum absolute atomic E-state index is 0.136. The van der Waals surface area contributed by atoms with Gasteiger partial charge in [0.25, 0.3) is 0 Å². The zero-order valence-corrected chi connectivity index (χ0v) is 14.3. The number of carboxylic acid groups (broad SMARTS) is 1. The second-order valence-electron chi connectivity index (χ2n) is 5.40. The maximum absolute atomic E-state index is 13.6. The zero-order valence-electron chi connectivity index (χ0n) is 13.5. The van der Waals surface area contributed by atoms with Gasteiger partial charge in [-0.05, 0) is 41.0 Å². The summed E-state index contributed by atoms with van der Waals surface area (Å²) in [5.74, 6) is 0.385. The second kappa shape index (κ2) is 7.53. The first-order chi connectivity index (χ1) is 12.0. The molecule has 4 nitrogen and oxygen atoms in total. The molecule has 0 fully saturated rings. The number of rotatable bonds is 6. The van der Waals surface area contributed by atoms with Gasteiger partial charge in [-0.3, -0.25) is 4.79 Å². The van der Waals surface area contributed by atoms with E-state index in [0.29, 0.717) is 28.0 Å². The van der Waals surface area contributed by atoms with Crippen molar-refractivity contribution in [3.63, 3.8) is 0 Å². The van der Waals surface area contributed by atoms with E-state index in [1.54, 1.807) is 42.2 Å². The Kier molecular flexibility index (Phi) is 5.19. The minimum Gasteiger partial charge on any atom is -0.481 e. The summed E-state index contributed by atoms with van der Waals surface area (Å²) in [4.78, 5) is 16.3. The van der Waals surface area contributed by atoms with Gasteiger partial charge in [-0.2, -0.15) is 0 Å². The van der Waals surface area contributed by atoms with E-state index in [1.165, 1.54) is 12.1 Å². The molecular formula is C19H16FNO3S. The van der Waals surface area contributed by atoms with Gasteiger partial charge in [0.15, 0.2) is 0 Å². The molecule has 2 aromatic carbocycles. The lowest BCUT2D eigenvalue weighted by atomic mass is 10.0. The summed E-state index contributed by atoms with van der Waals surface area (Å²) >= 11 is 1.67. The van der Waals surface area contributed by atoms with Crippen LogP contribution in [-0.2, 0) is 11.2 Å². The number of thioether (sulfide) groups is 1. The highest BCUT2D eigenvalue weighted by Crippen LogP contribution is 2.32. The molecule has 0 aliphatic carbocycles. The van der Waals surface area contributed by atoms with Gasteiger partial charge >= 0.3 is 5.97 Å². The molecule has 0 radical (unpaired) electrons. The monoisotopic (exact) mass is 357 g/mol. The Labute approximate surface area is 148 Å². The molecule has 0 aliphatic heterocycles. The van der Waals surface area contributed by atoms with Crippen molar-refractivity contribution >= 4 is 28.5 Å². The summed E-state index contributed by atoms with van der Waals surface area (Å²) in [6, 6.07) is 11.3. The number of hydrogen-bond donors (Lipinski definition) is 1. The van der Waals surface area contributed by atoms with Crippen LogP contribution in [0.1, 0.15) is 12.5 Å². The lowest BCUT2D eigenvalue weighted by molar-refractivity contribution is -0.136. The van der Waals surface area contributed by atoms with Gasteiger partial charge in [-0.25, -0.2) is 9.37 Å². The summed E-state index contributed by atoms with van der Waals surface area (Å²) in [5.41, 5.74) is 0.583. The first-order valence-corrected chi connectivity index (χ1v) is 8.74. The van der Waals surface area contributed by atoms with Crippen molar-refractivity contribution in [2.75, 3.05) is 5.75 Å². The maximum atomic E-state index is 13.6. The van der Waals surface area contributed by atoms with E-state index in [1.807, 2.05) is 6.07 Å². The molecule has 1 heterocycles. The molecule has 0 saturated heterocycles. The van der Waals surface area contributed by atoms with Crippen LogP contribution in [0, 0.1) is 5.82 Å². The van der Waals surface area contributed by atoms with Crippen LogP contribution < -0.4 is 4.74 Å². The lowest BCUT2D eigenvalue weighted by Gasteiger charge is -2.11. The average Bonchev–Trinajstić information content (AvgIpc) is 2.57. The molecule has 3 aromatic rings. The number of aliphatic carboxylic acids is 1. The lowest BCUT2D eigenvalue weighted by Crippen LogP contribution is -2.01. The predicted octanol–water partition coefficient (Wildman–Crippen LogP) is 4.91. The van der Waals surface area contributed by atoms with E-state index in [4.69, 9.17) is 9.84 Å². The predicted molar refractivity (Wildman–Crippen MR) is 96.0 cm³/mol. The van der Waals surface area contributed by atoms with Crippen molar-refractivity contribution in [1.29, 1.82) is 0 Å². The molecule has 0 spiro atoms. The van der Waals surface area contributed by atoms with Crippen molar-refractivity contribution in [3.05, 3.63) is 60.0 Å². The van der Waals surface area contributed by atoms with Gasteiger partial charge in [0.2, 0.25) is 5.88 Å². The molecule has 0 amide bonds. The smallest absolute Gasteiger partial charge is 0.307 e. The highest BCUT2D eigenvalue weighted by atomic mass is 32.2. The normalized spacial score (nSPS) is 10.8. The van der Waals surface area contributed by atoms with Gasteiger partial charge < -0.3 is 9.84 Å². The van der Waals surface area contributed by atoms with Crippen LogP contribution in [0.3, 0.4) is 0 Å². The van der Waals surface area contributed by atoms with Crippen LogP contribution in [0.4, 0.5) is 4.39 Å². The third kappa shape index (κ3) is 4.28. The SMILES string of the molecule is CCSc1ccc(Oc2cc(CC(=O)O)cc3ccc(F)cc23)nc1. The summed E-state index contributed by atoms with van der Waals surface area (Å²) in [5, 5.41) is 10.3. The Morgan fingerprint density at radius 3 is 2.76 bits per heavy atom. The van der Waals surface area contributed by atoms with Gasteiger partial charge in [0.1, 0.15) is 11.6 Å². The number of carbonyl (C=O) groups is 1. The van der Waals surface area contributed by atoms with Crippen LogP contribution in [0.15, 0.2) is 53.6 Å². The number of hydrogen-bond acceptors (Lipinski definition) is 4.